The number of benzene rings is 5. The van der Waals surface area contributed by atoms with Gasteiger partial charge in [0, 0.05) is 27.6 Å². The van der Waals surface area contributed by atoms with Crippen molar-refractivity contribution in [1.82, 2.24) is 4.57 Å². The van der Waals surface area contributed by atoms with E-state index in [0.717, 1.165) is 69.3 Å². The summed E-state index contributed by atoms with van der Waals surface area (Å²) in [7, 11) is -1.76. The molecule has 0 N–H and O–H groups in total. The quantitative estimate of drug-likeness (QED) is 0.129. The molecule has 5 heterocycles. The van der Waals surface area contributed by atoms with Crippen molar-refractivity contribution in [1.29, 1.82) is 0 Å². The van der Waals surface area contributed by atoms with Gasteiger partial charge in [0.05, 0.1) is 14.0 Å². The molecule has 4 nitrogen and oxygen atoms in total. The van der Waals surface area contributed by atoms with Gasteiger partial charge in [0.1, 0.15) is 16.8 Å². The van der Waals surface area contributed by atoms with E-state index in [0.29, 0.717) is 5.92 Å². The zero-order valence-electron chi connectivity index (χ0n) is 35.6. The molecule has 58 heavy (non-hydrogen) atoms. The average Bonchev–Trinajstić information content (AvgIpc) is 3.72. The zero-order chi connectivity index (χ0) is 40.4. The summed E-state index contributed by atoms with van der Waals surface area (Å²) in [6.45, 7) is 26.5. The molecule has 0 saturated carbocycles. The summed E-state index contributed by atoms with van der Waals surface area (Å²) in [6, 6.07) is 36.6. The van der Waals surface area contributed by atoms with Crippen molar-refractivity contribution < 1.29 is 13.6 Å². The number of furan rings is 1. The summed E-state index contributed by atoms with van der Waals surface area (Å²) >= 11 is 0. The summed E-state index contributed by atoms with van der Waals surface area (Å²) in [5, 5.41) is 3.85. The Balaban J connectivity index is 1.37. The first-order chi connectivity index (χ1) is 27.8. The molecular weight excluding hydrogens is 723 g/mol. The van der Waals surface area contributed by atoms with E-state index in [1.54, 1.807) is 5.19 Å². The van der Waals surface area contributed by atoms with Crippen LogP contribution in [0, 0.1) is 33.6 Å². The molecule has 10 rings (SSSR count). The van der Waals surface area contributed by atoms with Gasteiger partial charge in [-0.15, -0.1) is 0 Å². The standard InChI is InChI=1S/C53H55N3OSi/c1-31(2)25-38-29-46-39-22-19-32(3)28-43(39)41-23-20-37-21-24-42-40-15-11-14-18-47(40)57-52(42)49(37)53-55(36(7)51(41)54(46)30-48(38)58(8,9)10)44-16-12-13-17-45(44)56(53)50-34(5)26-33(4)27-35(50)6/h11-19,21-22,24,26-31,41,51H,7,20,23,25H2,1-6,8-10H3/q+2. The van der Waals surface area contributed by atoms with Crippen LogP contribution in [0.5, 0.6) is 0 Å². The SMILES string of the molecule is C=C1C2C(CCc3ccc4c(oc5ccccc54)c3-c3n(-c4c(C)cc(C)cc4C)c4ccccc4[n+]31)c1cc(C)ccc1-c1cc(CC(C)C)c([Si](C)(C)C)c[n+]12. The Labute approximate surface area is 344 Å². The fraction of sp³-hybridized carbons (Fsp3) is 0.283. The van der Waals surface area contributed by atoms with Crippen molar-refractivity contribution in [3.63, 3.8) is 0 Å². The molecule has 2 atom stereocenters. The molecule has 0 saturated heterocycles. The first-order valence-electron chi connectivity index (χ1n) is 21.3. The number of pyridine rings is 1. The Bertz CT molecular complexity index is 3000. The molecule has 8 aromatic rings. The Morgan fingerprint density at radius 2 is 1.57 bits per heavy atom. The van der Waals surface area contributed by atoms with E-state index < -0.39 is 8.07 Å². The van der Waals surface area contributed by atoms with E-state index in [1.807, 2.05) is 0 Å². The number of aromatic nitrogens is 3. The van der Waals surface area contributed by atoms with Gasteiger partial charge < -0.3 is 4.42 Å². The number of imidazole rings is 1. The number of hydrogen-bond acceptors (Lipinski definition) is 1. The molecular formula is C53H55N3OSi+2. The van der Waals surface area contributed by atoms with Crippen LogP contribution in [0.3, 0.4) is 0 Å². The monoisotopic (exact) mass is 777 g/mol. The maximum absolute atomic E-state index is 7.03. The van der Waals surface area contributed by atoms with Gasteiger partial charge >= 0.3 is 5.82 Å². The molecule has 0 fully saturated rings. The van der Waals surface area contributed by atoms with E-state index in [9.17, 15) is 0 Å². The van der Waals surface area contributed by atoms with Crippen molar-refractivity contribution in [2.45, 2.75) is 92.4 Å². The molecule has 290 valence electrons. The topological polar surface area (TPSA) is 25.8 Å². The molecule has 0 aliphatic carbocycles. The van der Waals surface area contributed by atoms with Crippen LogP contribution < -0.4 is 14.3 Å². The Hall–Kier alpha value is -5.52. The van der Waals surface area contributed by atoms with Gasteiger partial charge in [-0.1, -0.05) is 111 Å². The zero-order valence-corrected chi connectivity index (χ0v) is 36.6. The lowest BCUT2D eigenvalue weighted by atomic mass is 9.77. The maximum Gasteiger partial charge on any atom is 0.304 e. The molecule has 2 aliphatic rings. The minimum absolute atomic E-state index is 0.0174. The number of fused-ring (bicyclic) bond motifs is 15. The van der Waals surface area contributed by atoms with Gasteiger partial charge in [0.25, 0.3) is 0 Å². The number of aryl methyl sites for hydroxylation is 5. The molecule has 0 spiro atoms. The molecule has 0 radical (unpaired) electrons. The molecule has 5 heteroatoms. The predicted octanol–water partition coefficient (Wildman–Crippen LogP) is 12.2. The summed E-state index contributed by atoms with van der Waals surface area (Å²) in [4.78, 5) is 0. The number of nitrogens with zero attached hydrogens (tertiary/aromatic N) is 3. The first kappa shape index (κ1) is 36.8. The second-order valence-electron chi connectivity index (χ2n) is 18.8. The second kappa shape index (κ2) is 13.3. The van der Waals surface area contributed by atoms with Crippen LogP contribution in [0.2, 0.25) is 19.6 Å². The molecule has 2 unspecified atom stereocenters. The van der Waals surface area contributed by atoms with Crippen LogP contribution in [0.1, 0.15) is 71.2 Å². The lowest BCUT2D eigenvalue weighted by Crippen LogP contribution is -2.57. The van der Waals surface area contributed by atoms with Crippen LogP contribution in [-0.4, -0.2) is 12.6 Å². The van der Waals surface area contributed by atoms with Gasteiger partial charge in [-0.05, 0) is 112 Å². The fourth-order valence-electron chi connectivity index (χ4n) is 10.8. The number of hydrogen-bond donors (Lipinski definition) is 0. The molecule has 5 aromatic carbocycles. The first-order valence-corrected chi connectivity index (χ1v) is 24.8. The molecule has 2 aliphatic heterocycles. The molecule has 0 bridgehead atoms. The number of rotatable bonds is 4. The smallest absolute Gasteiger partial charge is 0.304 e. The van der Waals surface area contributed by atoms with Gasteiger partial charge in [-0.3, -0.25) is 0 Å². The predicted molar refractivity (Wildman–Crippen MR) is 244 cm³/mol. The van der Waals surface area contributed by atoms with Gasteiger partial charge in [0.2, 0.25) is 11.7 Å². The Morgan fingerprint density at radius 1 is 0.828 bits per heavy atom. The maximum atomic E-state index is 7.03. The van der Waals surface area contributed by atoms with E-state index in [4.69, 9.17) is 11.0 Å². The largest absolute Gasteiger partial charge is 0.455 e. The molecule has 3 aromatic heterocycles. The third-order valence-corrected chi connectivity index (χ3v) is 15.1. The minimum atomic E-state index is -1.76. The van der Waals surface area contributed by atoms with E-state index in [1.165, 1.54) is 55.9 Å². The third kappa shape index (κ3) is 5.53. The summed E-state index contributed by atoms with van der Waals surface area (Å²) in [5.74, 6) is 1.88. The lowest BCUT2D eigenvalue weighted by molar-refractivity contribution is -0.723. The summed E-state index contributed by atoms with van der Waals surface area (Å²) in [6.07, 6.45) is 5.54. The number of para-hydroxylation sites is 3. The summed E-state index contributed by atoms with van der Waals surface area (Å²) < 4.78 is 14.8. The highest BCUT2D eigenvalue weighted by Gasteiger charge is 2.49. The van der Waals surface area contributed by atoms with Crippen molar-refractivity contribution in [3.8, 4) is 28.3 Å². The van der Waals surface area contributed by atoms with Crippen molar-refractivity contribution >= 4 is 51.9 Å². The highest BCUT2D eigenvalue weighted by Crippen LogP contribution is 2.48. The van der Waals surface area contributed by atoms with E-state index in [2.05, 4.69) is 178 Å². The van der Waals surface area contributed by atoms with Crippen molar-refractivity contribution in [2.75, 3.05) is 0 Å². The highest BCUT2D eigenvalue weighted by molar-refractivity contribution is 6.89. The van der Waals surface area contributed by atoms with Crippen molar-refractivity contribution in [2.24, 2.45) is 5.92 Å². The van der Waals surface area contributed by atoms with Crippen LogP contribution in [0.25, 0.3) is 67.0 Å². The van der Waals surface area contributed by atoms with Crippen LogP contribution in [-0.2, 0) is 12.8 Å². The van der Waals surface area contributed by atoms with Crippen LogP contribution >= 0.6 is 0 Å². The third-order valence-electron chi connectivity index (χ3n) is 13.1. The van der Waals surface area contributed by atoms with Crippen molar-refractivity contribution in [3.05, 3.63) is 149 Å². The van der Waals surface area contributed by atoms with Gasteiger partial charge in [0.15, 0.2) is 28.5 Å². The number of allylic oxidation sites excluding steroid dienone is 1. The average molecular weight is 778 g/mol. The highest BCUT2D eigenvalue weighted by atomic mass is 28.3. The Kier molecular flexibility index (Phi) is 8.41. The fourth-order valence-corrected chi connectivity index (χ4v) is 12.5. The Morgan fingerprint density at radius 3 is 2.33 bits per heavy atom. The lowest BCUT2D eigenvalue weighted by Gasteiger charge is -2.32. The normalized spacial score (nSPS) is 16.5. The van der Waals surface area contributed by atoms with Gasteiger partial charge in [-0.2, -0.15) is 13.7 Å². The minimum Gasteiger partial charge on any atom is -0.455 e. The molecule has 0 amide bonds. The van der Waals surface area contributed by atoms with Gasteiger partial charge in [-0.25, -0.2) is 0 Å². The second-order valence-corrected chi connectivity index (χ2v) is 23.9. The van der Waals surface area contributed by atoms with Crippen LogP contribution in [0.15, 0.2) is 114 Å². The van der Waals surface area contributed by atoms with E-state index >= 15 is 0 Å². The summed E-state index contributed by atoms with van der Waals surface area (Å²) in [5.41, 5.74) is 19.6. The van der Waals surface area contributed by atoms with E-state index in [-0.39, 0.29) is 12.0 Å². The van der Waals surface area contributed by atoms with Crippen LogP contribution in [0.4, 0.5) is 0 Å².